The first-order valence-electron chi connectivity index (χ1n) is 7.44. The van der Waals surface area contributed by atoms with E-state index in [-0.39, 0.29) is 5.91 Å². The zero-order chi connectivity index (χ0) is 16.2. The fourth-order valence-electron chi connectivity index (χ4n) is 2.39. The van der Waals surface area contributed by atoms with Gasteiger partial charge in [0.25, 0.3) is 5.91 Å². The second-order valence-electron chi connectivity index (χ2n) is 5.43. The van der Waals surface area contributed by atoms with Crippen LogP contribution in [0.3, 0.4) is 0 Å². The van der Waals surface area contributed by atoms with E-state index in [1.807, 2.05) is 30.5 Å². The van der Waals surface area contributed by atoms with Gasteiger partial charge in [-0.15, -0.1) is 11.3 Å². The van der Waals surface area contributed by atoms with Crippen molar-refractivity contribution in [3.05, 3.63) is 44.3 Å². The Morgan fingerprint density at radius 2 is 2.22 bits per heavy atom. The third kappa shape index (κ3) is 4.38. The van der Waals surface area contributed by atoms with Gasteiger partial charge >= 0.3 is 0 Å². The molecule has 1 aliphatic rings. The first kappa shape index (κ1) is 16.6. The van der Waals surface area contributed by atoms with Gasteiger partial charge in [0, 0.05) is 28.6 Å². The Morgan fingerprint density at radius 1 is 1.43 bits per heavy atom. The highest BCUT2D eigenvalue weighted by Gasteiger charge is 2.16. The highest BCUT2D eigenvalue weighted by atomic mass is 79.9. The molecule has 0 atom stereocenters. The minimum absolute atomic E-state index is 0.167. The van der Waals surface area contributed by atoms with Crippen LogP contribution in [0.25, 0.3) is 0 Å². The van der Waals surface area contributed by atoms with E-state index in [2.05, 4.69) is 31.1 Å². The minimum Gasteiger partial charge on any atom is -0.379 e. The lowest BCUT2D eigenvalue weighted by Gasteiger charge is -2.25. The summed E-state index contributed by atoms with van der Waals surface area (Å²) in [6.07, 6.45) is 0. The monoisotopic (exact) mass is 395 g/mol. The van der Waals surface area contributed by atoms with Crippen LogP contribution < -0.4 is 5.32 Å². The number of benzene rings is 1. The van der Waals surface area contributed by atoms with Crippen LogP contribution in [0.5, 0.6) is 0 Å². The topological polar surface area (TPSA) is 54.5 Å². The predicted octanol–water partition coefficient (Wildman–Crippen LogP) is 3.30. The summed E-state index contributed by atoms with van der Waals surface area (Å²) in [6.45, 7) is 6.10. The Morgan fingerprint density at radius 3 is 2.96 bits per heavy atom. The van der Waals surface area contributed by atoms with Crippen molar-refractivity contribution in [1.82, 2.24) is 9.88 Å². The average molecular weight is 396 g/mol. The van der Waals surface area contributed by atoms with Crippen molar-refractivity contribution >= 4 is 38.9 Å². The Kier molecular flexibility index (Phi) is 5.42. The molecule has 0 bridgehead atoms. The largest absolute Gasteiger partial charge is 0.379 e. The molecule has 3 rings (SSSR count). The molecule has 0 aliphatic carbocycles. The second-order valence-corrected chi connectivity index (χ2v) is 7.29. The number of nitrogens with zero attached hydrogens (tertiary/aromatic N) is 2. The summed E-state index contributed by atoms with van der Waals surface area (Å²) in [5.41, 5.74) is 2.29. The quantitative estimate of drug-likeness (QED) is 0.862. The number of aryl methyl sites for hydroxylation is 1. The molecule has 122 valence electrons. The van der Waals surface area contributed by atoms with E-state index in [0.717, 1.165) is 53.6 Å². The molecule has 5 nitrogen and oxygen atoms in total. The Labute approximate surface area is 147 Å². The van der Waals surface area contributed by atoms with Crippen molar-refractivity contribution in [1.29, 1.82) is 0 Å². The van der Waals surface area contributed by atoms with E-state index in [4.69, 9.17) is 4.74 Å². The highest BCUT2D eigenvalue weighted by molar-refractivity contribution is 9.10. The first-order chi connectivity index (χ1) is 11.1. The molecule has 23 heavy (non-hydrogen) atoms. The molecule has 1 aromatic heterocycles. The van der Waals surface area contributed by atoms with Gasteiger partial charge in [0.2, 0.25) is 0 Å². The number of carbonyl (C=O) groups excluding carboxylic acids is 1. The highest BCUT2D eigenvalue weighted by Crippen LogP contribution is 2.21. The third-order valence-electron chi connectivity index (χ3n) is 3.68. The van der Waals surface area contributed by atoms with Gasteiger partial charge in [-0.1, -0.05) is 15.9 Å². The number of halogens is 1. The number of rotatable bonds is 4. The standard InChI is InChI=1S/C16H18BrN3O2S/c1-11-8-12(17)2-3-13(11)19-16(21)14-10-23-15(18-14)9-20-4-6-22-7-5-20/h2-3,8,10H,4-7,9H2,1H3,(H,19,21). The maximum absolute atomic E-state index is 12.3. The molecule has 2 aromatic rings. The summed E-state index contributed by atoms with van der Waals surface area (Å²) in [5.74, 6) is -0.167. The van der Waals surface area contributed by atoms with Crippen LogP contribution in [0.4, 0.5) is 5.69 Å². The van der Waals surface area contributed by atoms with E-state index in [1.165, 1.54) is 11.3 Å². The van der Waals surface area contributed by atoms with Crippen molar-refractivity contribution in [3.63, 3.8) is 0 Å². The number of nitrogens with one attached hydrogen (secondary N) is 1. The SMILES string of the molecule is Cc1cc(Br)ccc1NC(=O)c1csc(CN2CCOCC2)n1. The van der Waals surface area contributed by atoms with Crippen LogP contribution >= 0.6 is 27.3 Å². The molecule has 0 unspecified atom stereocenters. The van der Waals surface area contributed by atoms with Crippen LogP contribution in [-0.2, 0) is 11.3 Å². The van der Waals surface area contributed by atoms with Crippen LogP contribution in [-0.4, -0.2) is 42.1 Å². The predicted molar refractivity (Wildman–Crippen MR) is 95.0 cm³/mol. The Balaban J connectivity index is 1.63. The lowest BCUT2D eigenvalue weighted by molar-refractivity contribution is 0.0341. The fourth-order valence-corrected chi connectivity index (χ4v) is 3.68. The van der Waals surface area contributed by atoms with Crippen LogP contribution in [0.15, 0.2) is 28.1 Å². The normalized spacial score (nSPS) is 15.6. The van der Waals surface area contributed by atoms with E-state index < -0.39 is 0 Å². The lowest BCUT2D eigenvalue weighted by Crippen LogP contribution is -2.35. The summed E-state index contributed by atoms with van der Waals surface area (Å²) in [7, 11) is 0. The number of ether oxygens (including phenoxy) is 1. The maximum Gasteiger partial charge on any atom is 0.275 e. The van der Waals surface area contributed by atoms with Crippen molar-refractivity contribution in [3.8, 4) is 0 Å². The number of hydrogen-bond donors (Lipinski definition) is 1. The van der Waals surface area contributed by atoms with Gasteiger partial charge in [-0.05, 0) is 30.7 Å². The van der Waals surface area contributed by atoms with Gasteiger partial charge in [0.15, 0.2) is 0 Å². The van der Waals surface area contributed by atoms with Gasteiger partial charge in [-0.2, -0.15) is 0 Å². The molecule has 1 amide bonds. The molecule has 2 heterocycles. The number of hydrogen-bond acceptors (Lipinski definition) is 5. The Bertz CT molecular complexity index is 698. The van der Waals surface area contributed by atoms with Gasteiger partial charge in [0.1, 0.15) is 10.7 Å². The van der Waals surface area contributed by atoms with Gasteiger partial charge in [0.05, 0.1) is 19.8 Å². The lowest BCUT2D eigenvalue weighted by atomic mass is 10.2. The Hall–Kier alpha value is -1.28. The zero-order valence-corrected chi connectivity index (χ0v) is 15.2. The van der Waals surface area contributed by atoms with Gasteiger partial charge in [-0.3, -0.25) is 9.69 Å². The van der Waals surface area contributed by atoms with Crippen LogP contribution in [0.2, 0.25) is 0 Å². The minimum atomic E-state index is -0.167. The molecule has 7 heteroatoms. The van der Waals surface area contributed by atoms with E-state index in [1.54, 1.807) is 0 Å². The summed E-state index contributed by atoms with van der Waals surface area (Å²) in [4.78, 5) is 19.1. The number of aromatic nitrogens is 1. The second kappa shape index (κ2) is 7.53. The maximum atomic E-state index is 12.3. The molecule has 1 saturated heterocycles. The van der Waals surface area contributed by atoms with E-state index >= 15 is 0 Å². The summed E-state index contributed by atoms with van der Waals surface area (Å²) >= 11 is 4.95. The molecular formula is C16H18BrN3O2S. The molecule has 1 aromatic carbocycles. The average Bonchev–Trinajstić information content (AvgIpc) is 3.00. The van der Waals surface area contributed by atoms with Crippen molar-refractivity contribution in [2.45, 2.75) is 13.5 Å². The molecule has 1 aliphatic heterocycles. The van der Waals surface area contributed by atoms with Crippen LogP contribution in [0.1, 0.15) is 21.1 Å². The van der Waals surface area contributed by atoms with Crippen molar-refractivity contribution < 1.29 is 9.53 Å². The molecule has 0 radical (unpaired) electrons. The first-order valence-corrected chi connectivity index (χ1v) is 9.11. The number of anilines is 1. The van der Waals surface area contributed by atoms with Crippen molar-refractivity contribution in [2.75, 3.05) is 31.6 Å². The van der Waals surface area contributed by atoms with Crippen molar-refractivity contribution in [2.24, 2.45) is 0 Å². The van der Waals surface area contributed by atoms with Gasteiger partial charge < -0.3 is 10.1 Å². The fraction of sp³-hybridized carbons (Fsp3) is 0.375. The zero-order valence-electron chi connectivity index (χ0n) is 12.8. The van der Waals surface area contributed by atoms with E-state index in [9.17, 15) is 4.79 Å². The summed E-state index contributed by atoms with van der Waals surface area (Å²) < 4.78 is 6.34. The van der Waals surface area contributed by atoms with Gasteiger partial charge in [-0.25, -0.2) is 4.98 Å². The summed E-state index contributed by atoms with van der Waals surface area (Å²) in [6, 6.07) is 5.77. The number of amides is 1. The van der Waals surface area contributed by atoms with E-state index in [0.29, 0.717) is 5.69 Å². The molecule has 1 N–H and O–H groups in total. The number of morpholine rings is 1. The molecule has 1 fully saturated rings. The summed E-state index contributed by atoms with van der Waals surface area (Å²) in [5, 5.41) is 5.70. The molecule has 0 spiro atoms. The number of thiazole rings is 1. The van der Waals surface area contributed by atoms with Crippen LogP contribution in [0, 0.1) is 6.92 Å². The number of carbonyl (C=O) groups is 1. The smallest absolute Gasteiger partial charge is 0.275 e. The third-order valence-corrected chi connectivity index (χ3v) is 5.01. The molecule has 0 saturated carbocycles. The molecular weight excluding hydrogens is 378 g/mol.